The summed E-state index contributed by atoms with van der Waals surface area (Å²) in [4.78, 5) is 29.2. The molecule has 0 aliphatic heterocycles. The fraction of sp³-hybridized carbons (Fsp3) is 0.200. The molecule has 1 aromatic heterocycles. The van der Waals surface area contributed by atoms with Crippen LogP contribution in [0.5, 0.6) is 0 Å². The van der Waals surface area contributed by atoms with E-state index in [2.05, 4.69) is 10.3 Å². The van der Waals surface area contributed by atoms with E-state index in [0.717, 1.165) is 16.5 Å². The Bertz CT molecular complexity index is 967. The van der Waals surface area contributed by atoms with Gasteiger partial charge in [-0.15, -0.1) is 0 Å². The van der Waals surface area contributed by atoms with Crippen LogP contribution in [0.4, 0.5) is 10.5 Å². The zero-order valence-electron chi connectivity index (χ0n) is 14.5. The minimum Gasteiger partial charge on any atom is -0.395 e. The molecular formula is C20H21N3O3. The second-order valence-electron chi connectivity index (χ2n) is 6.16. The number of aryl methyl sites for hydroxylation is 1. The van der Waals surface area contributed by atoms with E-state index in [1.54, 1.807) is 18.2 Å². The van der Waals surface area contributed by atoms with Gasteiger partial charge in [0.1, 0.15) is 0 Å². The number of aromatic amines is 1. The SMILES string of the molecule is Cc1ccc2[nH]c(=O)c(CN(CCO)C(=O)Nc3ccccc3)cc2c1. The number of aliphatic hydroxyl groups excluding tert-OH is 1. The second-order valence-corrected chi connectivity index (χ2v) is 6.16. The lowest BCUT2D eigenvalue weighted by molar-refractivity contribution is 0.185. The average Bonchev–Trinajstić information content (AvgIpc) is 2.63. The number of carbonyl (C=O) groups excluding carboxylic acids is 1. The van der Waals surface area contributed by atoms with Crippen LogP contribution < -0.4 is 10.9 Å². The maximum absolute atomic E-state index is 12.5. The number of amides is 2. The molecule has 6 heteroatoms. The molecule has 3 rings (SSSR count). The van der Waals surface area contributed by atoms with Crippen molar-refractivity contribution in [2.75, 3.05) is 18.5 Å². The lowest BCUT2D eigenvalue weighted by atomic mass is 10.1. The molecule has 3 aromatic rings. The van der Waals surface area contributed by atoms with Gasteiger partial charge in [0.2, 0.25) is 0 Å². The molecule has 6 nitrogen and oxygen atoms in total. The lowest BCUT2D eigenvalue weighted by Gasteiger charge is -2.22. The number of aliphatic hydroxyl groups is 1. The van der Waals surface area contributed by atoms with Gasteiger partial charge in [-0.1, -0.05) is 29.8 Å². The summed E-state index contributed by atoms with van der Waals surface area (Å²) >= 11 is 0. The maximum atomic E-state index is 12.5. The number of benzene rings is 2. The van der Waals surface area contributed by atoms with Gasteiger partial charge in [0.15, 0.2) is 0 Å². The number of fused-ring (bicyclic) bond motifs is 1. The number of para-hydroxylation sites is 1. The quantitative estimate of drug-likeness (QED) is 0.661. The van der Waals surface area contributed by atoms with Gasteiger partial charge in [-0.2, -0.15) is 0 Å². The third-order valence-electron chi connectivity index (χ3n) is 4.12. The number of anilines is 1. The predicted octanol–water partition coefficient (Wildman–Crippen LogP) is 2.86. The number of hydrogen-bond acceptors (Lipinski definition) is 3. The van der Waals surface area contributed by atoms with Crippen molar-refractivity contribution in [1.29, 1.82) is 0 Å². The average molecular weight is 351 g/mol. The van der Waals surface area contributed by atoms with E-state index in [1.807, 2.05) is 43.3 Å². The normalized spacial score (nSPS) is 10.7. The predicted molar refractivity (Wildman–Crippen MR) is 102 cm³/mol. The van der Waals surface area contributed by atoms with Crippen molar-refractivity contribution in [1.82, 2.24) is 9.88 Å². The second kappa shape index (κ2) is 7.84. The van der Waals surface area contributed by atoms with Crippen LogP contribution in [0.1, 0.15) is 11.1 Å². The summed E-state index contributed by atoms with van der Waals surface area (Å²) in [6, 6.07) is 16.3. The molecule has 3 N–H and O–H groups in total. The topological polar surface area (TPSA) is 85.4 Å². The van der Waals surface area contributed by atoms with Gasteiger partial charge < -0.3 is 20.3 Å². The smallest absolute Gasteiger partial charge is 0.322 e. The number of aromatic nitrogens is 1. The van der Waals surface area contributed by atoms with Crippen LogP contribution in [0.15, 0.2) is 59.4 Å². The highest BCUT2D eigenvalue weighted by Gasteiger charge is 2.16. The minimum atomic E-state index is -0.367. The van der Waals surface area contributed by atoms with Gasteiger partial charge >= 0.3 is 6.03 Å². The van der Waals surface area contributed by atoms with Crippen LogP contribution >= 0.6 is 0 Å². The van der Waals surface area contributed by atoms with Crippen molar-refractivity contribution in [2.24, 2.45) is 0 Å². The Balaban J connectivity index is 1.85. The molecule has 0 saturated carbocycles. The number of pyridine rings is 1. The lowest BCUT2D eigenvalue weighted by Crippen LogP contribution is -2.38. The summed E-state index contributed by atoms with van der Waals surface area (Å²) in [6.45, 7) is 2.03. The molecule has 134 valence electrons. The van der Waals surface area contributed by atoms with Crippen molar-refractivity contribution in [3.63, 3.8) is 0 Å². The zero-order valence-corrected chi connectivity index (χ0v) is 14.5. The number of H-pyrrole nitrogens is 1. The Morgan fingerprint density at radius 1 is 1.15 bits per heavy atom. The van der Waals surface area contributed by atoms with Crippen molar-refractivity contribution in [3.8, 4) is 0 Å². The molecule has 2 amide bonds. The van der Waals surface area contributed by atoms with Crippen molar-refractivity contribution >= 4 is 22.6 Å². The zero-order chi connectivity index (χ0) is 18.5. The van der Waals surface area contributed by atoms with E-state index >= 15 is 0 Å². The molecule has 0 bridgehead atoms. The minimum absolute atomic E-state index is 0.110. The summed E-state index contributed by atoms with van der Waals surface area (Å²) in [6.07, 6.45) is 0. The molecule has 0 saturated heterocycles. The first kappa shape index (κ1) is 17.7. The van der Waals surface area contributed by atoms with Gasteiger partial charge in [-0.3, -0.25) is 4.79 Å². The van der Waals surface area contributed by atoms with Crippen molar-refractivity contribution in [2.45, 2.75) is 13.5 Å². The van der Waals surface area contributed by atoms with Gasteiger partial charge in [0.05, 0.1) is 13.2 Å². The summed E-state index contributed by atoms with van der Waals surface area (Å²) in [5, 5.41) is 13.0. The molecule has 0 radical (unpaired) electrons. The molecule has 0 atom stereocenters. The first-order valence-electron chi connectivity index (χ1n) is 8.41. The molecule has 0 unspecified atom stereocenters. The van der Waals surface area contributed by atoms with Crippen LogP contribution in [0.2, 0.25) is 0 Å². The molecule has 26 heavy (non-hydrogen) atoms. The fourth-order valence-corrected chi connectivity index (χ4v) is 2.79. The Kier molecular flexibility index (Phi) is 5.34. The van der Waals surface area contributed by atoms with Crippen LogP contribution in [-0.4, -0.2) is 34.2 Å². The number of nitrogens with zero attached hydrogens (tertiary/aromatic N) is 1. The van der Waals surface area contributed by atoms with Gasteiger partial charge in [-0.25, -0.2) is 4.79 Å². The van der Waals surface area contributed by atoms with E-state index in [0.29, 0.717) is 11.3 Å². The van der Waals surface area contributed by atoms with Crippen molar-refractivity contribution < 1.29 is 9.90 Å². The summed E-state index contributed by atoms with van der Waals surface area (Å²) in [5.74, 6) is 0. The Labute approximate surface area is 151 Å². The van der Waals surface area contributed by atoms with E-state index in [4.69, 9.17) is 0 Å². The standard InChI is InChI=1S/C20H21N3O3/c1-14-7-8-18-15(11-14)12-16(19(25)22-18)13-23(9-10-24)20(26)21-17-5-3-2-4-6-17/h2-8,11-12,24H,9-10,13H2,1H3,(H,21,26)(H,22,25). The van der Waals surface area contributed by atoms with E-state index in [9.17, 15) is 14.7 Å². The largest absolute Gasteiger partial charge is 0.395 e. The summed E-state index contributed by atoms with van der Waals surface area (Å²) in [7, 11) is 0. The van der Waals surface area contributed by atoms with Crippen LogP contribution in [0.25, 0.3) is 10.9 Å². The third-order valence-corrected chi connectivity index (χ3v) is 4.12. The fourth-order valence-electron chi connectivity index (χ4n) is 2.79. The van der Waals surface area contributed by atoms with Crippen molar-refractivity contribution in [3.05, 3.63) is 76.1 Å². The third kappa shape index (κ3) is 4.10. The highest BCUT2D eigenvalue weighted by Crippen LogP contribution is 2.15. The van der Waals surface area contributed by atoms with Crippen LogP contribution in [0, 0.1) is 6.92 Å². The van der Waals surface area contributed by atoms with Gasteiger partial charge in [0.25, 0.3) is 5.56 Å². The van der Waals surface area contributed by atoms with E-state index in [-0.39, 0.29) is 31.3 Å². The number of carbonyl (C=O) groups is 1. The number of rotatable bonds is 5. The molecule has 0 fully saturated rings. The maximum Gasteiger partial charge on any atom is 0.322 e. The first-order chi connectivity index (χ1) is 12.6. The number of urea groups is 1. The highest BCUT2D eigenvalue weighted by atomic mass is 16.3. The van der Waals surface area contributed by atoms with Gasteiger partial charge in [-0.05, 0) is 42.6 Å². The molecule has 2 aromatic carbocycles. The highest BCUT2D eigenvalue weighted by molar-refractivity contribution is 5.89. The molecular weight excluding hydrogens is 330 g/mol. The number of nitrogens with one attached hydrogen (secondary N) is 2. The Hall–Kier alpha value is -3.12. The molecule has 1 heterocycles. The van der Waals surface area contributed by atoms with E-state index in [1.165, 1.54) is 4.90 Å². The van der Waals surface area contributed by atoms with E-state index < -0.39 is 0 Å². The molecule has 0 aliphatic rings. The molecule has 0 spiro atoms. The Morgan fingerprint density at radius 3 is 2.65 bits per heavy atom. The summed E-state index contributed by atoms with van der Waals surface area (Å²) in [5.41, 5.74) is 2.73. The monoisotopic (exact) mass is 351 g/mol. The van der Waals surface area contributed by atoms with Crippen LogP contribution in [-0.2, 0) is 6.54 Å². The first-order valence-corrected chi connectivity index (χ1v) is 8.41. The summed E-state index contributed by atoms with van der Waals surface area (Å²) < 4.78 is 0. The molecule has 0 aliphatic carbocycles. The number of hydrogen-bond donors (Lipinski definition) is 3. The van der Waals surface area contributed by atoms with Crippen LogP contribution in [0.3, 0.4) is 0 Å². The Morgan fingerprint density at radius 2 is 1.92 bits per heavy atom. The van der Waals surface area contributed by atoms with Gasteiger partial charge in [0, 0.05) is 23.3 Å².